The van der Waals surface area contributed by atoms with Crippen LogP contribution in [0, 0.1) is 11.3 Å². The molecule has 2 unspecified atom stereocenters. The normalized spacial score (nSPS) is 20.4. The summed E-state index contributed by atoms with van der Waals surface area (Å²) in [6.45, 7) is 1.46. The Morgan fingerprint density at radius 2 is 1.91 bits per heavy atom. The molecule has 11 heteroatoms. The molecule has 0 spiro atoms. The maximum atomic E-state index is 13.3. The van der Waals surface area contributed by atoms with Gasteiger partial charge in [-0.2, -0.15) is 18.4 Å². The number of hydrazone groups is 1. The van der Waals surface area contributed by atoms with E-state index in [0.29, 0.717) is 11.1 Å². The molecule has 0 aromatic heterocycles. The lowest BCUT2D eigenvalue weighted by atomic mass is 9.92. The molecule has 2 aromatic carbocycles. The number of anilines is 1. The van der Waals surface area contributed by atoms with Crippen LogP contribution in [0.2, 0.25) is 0 Å². The quantitative estimate of drug-likeness (QED) is 0.669. The van der Waals surface area contributed by atoms with Gasteiger partial charge in [-0.25, -0.2) is 4.79 Å². The molecule has 2 atom stereocenters. The summed E-state index contributed by atoms with van der Waals surface area (Å²) in [5, 5.41) is 33.6. The van der Waals surface area contributed by atoms with Gasteiger partial charge >= 0.3 is 12.1 Å². The molecule has 0 aliphatic carbocycles. The first-order valence-corrected chi connectivity index (χ1v) is 9.34. The van der Waals surface area contributed by atoms with E-state index in [-0.39, 0.29) is 22.9 Å². The third kappa shape index (κ3) is 3.40. The molecule has 8 nitrogen and oxygen atoms in total. The topological polar surface area (TPSA) is 112 Å². The molecule has 2 aromatic rings. The maximum absolute atomic E-state index is 13.3. The van der Waals surface area contributed by atoms with Gasteiger partial charge in [0.1, 0.15) is 0 Å². The number of nitrogens with zero attached hydrogens (tertiary/aromatic N) is 4. The fourth-order valence-corrected chi connectivity index (χ4v) is 3.84. The summed E-state index contributed by atoms with van der Waals surface area (Å²) in [6, 6.07) is 11.5. The lowest BCUT2D eigenvalue weighted by Gasteiger charge is -2.43. The molecule has 0 bridgehead atoms. The van der Waals surface area contributed by atoms with Crippen LogP contribution in [-0.2, 0) is 11.0 Å². The Morgan fingerprint density at radius 1 is 1.22 bits per heavy atom. The molecule has 164 valence electrons. The number of alkyl halides is 3. The number of benzene rings is 2. The highest BCUT2D eigenvalue weighted by Crippen LogP contribution is 2.42. The Hall–Kier alpha value is -4.04. The molecule has 2 aliphatic heterocycles. The lowest BCUT2D eigenvalue weighted by Crippen LogP contribution is -2.53. The van der Waals surface area contributed by atoms with Crippen molar-refractivity contribution in [2.45, 2.75) is 25.5 Å². The SMILES string of the molecule is CC1=C(C(=O)O)C(c2ccc(C#N)cc2)N2C(=NNC2O)N1c1cccc(C(F)(F)F)c1. The van der Waals surface area contributed by atoms with Gasteiger partial charge in [0.2, 0.25) is 12.3 Å². The van der Waals surface area contributed by atoms with Gasteiger partial charge in [-0.15, -0.1) is 5.10 Å². The smallest absolute Gasteiger partial charge is 0.416 e. The number of nitriles is 1. The number of aliphatic hydroxyl groups excluding tert-OH is 1. The summed E-state index contributed by atoms with van der Waals surface area (Å²) in [5.74, 6) is -1.28. The first-order valence-electron chi connectivity index (χ1n) is 9.34. The third-order valence-electron chi connectivity index (χ3n) is 5.27. The van der Waals surface area contributed by atoms with Gasteiger partial charge in [0.15, 0.2) is 0 Å². The Morgan fingerprint density at radius 3 is 2.50 bits per heavy atom. The summed E-state index contributed by atoms with van der Waals surface area (Å²) in [7, 11) is 0. The summed E-state index contributed by atoms with van der Waals surface area (Å²) < 4.78 is 39.8. The molecule has 4 rings (SSSR count). The number of carboxylic acid groups (broad SMARTS) is 1. The van der Waals surface area contributed by atoms with E-state index in [9.17, 15) is 28.2 Å². The second kappa shape index (κ2) is 7.58. The summed E-state index contributed by atoms with van der Waals surface area (Å²) in [6.07, 6.45) is -6.03. The molecule has 3 N–H and O–H groups in total. The molecule has 0 amide bonds. The van der Waals surface area contributed by atoms with E-state index in [0.717, 1.165) is 12.1 Å². The monoisotopic (exact) mass is 443 g/mol. The minimum absolute atomic E-state index is 0.0358. The standard InChI is InChI=1S/C21H16F3N5O3/c1-11-16(18(30)31)17(13-7-5-12(10-25)6-8-13)29-19(26-27-20(29)32)28(11)15-4-2-3-14(9-15)21(22,23)24/h2-9,17,20,27,32H,1H3,(H,30,31). The predicted octanol–water partition coefficient (Wildman–Crippen LogP) is 2.95. The van der Waals surface area contributed by atoms with Crippen LogP contribution in [0.3, 0.4) is 0 Å². The zero-order valence-corrected chi connectivity index (χ0v) is 16.5. The highest BCUT2D eigenvalue weighted by molar-refractivity contribution is 6.05. The average molecular weight is 443 g/mol. The number of hydrogen-bond acceptors (Lipinski definition) is 7. The van der Waals surface area contributed by atoms with E-state index in [4.69, 9.17) is 5.26 Å². The van der Waals surface area contributed by atoms with Crippen molar-refractivity contribution in [1.29, 1.82) is 5.26 Å². The van der Waals surface area contributed by atoms with Gasteiger partial charge in [-0.3, -0.25) is 15.2 Å². The number of aliphatic hydroxyl groups is 1. The number of halogens is 3. The van der Waals surface area contributed by atoms with Crippen LogP contribution in [0.4, 0.5) is 18.9 Å². The van der Waals surface area contributed by atoms with Crippen LogP contribution in [0.1, 0.15) is 29.7 Å². The van der Waals surface area contributed by atoms with Crippen molar-refractivity contribution in [3.8, 4) is 6.07 Å². The first-order chi connectivity index (χ1) is 15.1. The Kier molecular flexibility index (Phi) is 5.02. The number of hydrogen-bond donors (Lipinski definition) is 3. The molecule has 0 saturated heterocycles. The second-order valence-electron chi connectivity index (χ2n) is 7.15. The molecule has 0 fully saturated rings. The molecule has 0 saturated carbocycles. The number of carboxylic acids is 1. The van der Waals surface area contributed by atoms with Crippen molar-refractivity contribution in [2.24, 2.45) is 5.10 Å². The van der Waals surface area contributed by atoms with Gasteiger partial charge in [-0.1, -0.05) is 18.2 Å². The average Bonchev–Trinajstić information content (AvgIpc) is 3.13. The highest BCUT2D eigenvalue weighted by atomic mass is 19.4. The van der Waals surface area contributed by atoms with E-state index in [1.165, 1.54) is 41.0 Å². The van der Waals surface area contributed by atoms with Crippen LogP contribution >= 0.6 is 0 Å². The molecule has 2 heterocycles. The van der Waals surface area contributed by atoms with Crippen molar-refractivity contribution >= 4 is 17.6 Å². The van der Waals surface area contributed by atoms with Gasteiger partial charge in [0, 0.05) is 11.4 Å². The van der Waals surface area contributed by atoms with E-state index >= 15 is 0 Å². The van der Waals surface area contributed by atoms with Crippen molar-refractivity contribution in [3.63, 3.8) is 0 Å². The number of allylic oxidation sites excluding steroid dienone is 1. The van der Waals surface area contributed by atoms with Crippen molar-refractivity contribution < 1.29 is 28.2 Å². The molecule has 32 heavy (non-hydrogen) atoms. The first kappa shape index (κ1) is 21.2. The van der Waals surface area contributed by atoms with Crippen LogP contribution in [-0.4, -0.2) is 33.4 Å². The Balaban J connectivity index is 1.92. The van der Waals surface area contributed by atoms with Gasteiger partial charge in [-0.05, 0) is 42.8 Å². The molecule has 2 aliphatic rings. The van der Waals surface area contributed by atoms with Crippen LogP contribution < -0.4 is 10.3 Å². The summed E-state index contributed by atoms with van der Waals surface area (Å²) >= 11 is 0. The number of rotatable bonds is 3. The largest absolute Gasteiger partial charge is 0.478 e. The third-order valence-corrected chi connectivity index (χ3v) is 5.27. The van der Waals surface area contributed by atoms with E-state index in [1.807, 2.05) is 6.07 Å². The van der Waals surface area contributed by atoms with Crippen LogP contribution in [0.25, 0.3) is 0 Å². The van der Waals surface area contributed by atoms with Gasteiger partial charge in [0.05, 0.1) is 28.8 Å². The lowest BCUT2D eigenvalue weighted by molar-refractivity contribution is -0.137. The van der Waals surface area contributed by atoms with Crippen molar-refractivity contribution in [1.82, 2.24) is 10.3 Å². The minimum Gasteiger partial charge on any atom is -0.478 e. The number of fused-ring (bicyclic) bond motifs is 1. The summed E-state index contributed by atoms with van der Waals surface area (Å²) in [5.41, 5.74) is 2.37. The zero-order chi connectivity index (χ0) is 23.2. The van der Waals surface area contributed by atoms with Crippen LogP contribution in [0.5, 0.6) is 0 Å². The van der Waals surface area contributed by atoms with Gasteiger partial charge < -0.3 is 10.2 Å². The van der Waals surface area contributed by atoms with Crippen molar-refractivity contribution in [3.05, 3.63) is 76.5 Å². The van der Waals surface area contributed by atoms with Gasteiger partial charge in [0.25, 0.3) is 0 Å². The molecular weight excluding hydrogens is 427 g/mol. The number of carbonyl (C=O) groups is 1. The maximum Gasteiger partial charge on any atom is 0.416 e. The van der Waals surface area contributed by atoms with Crippen molar-refractivity contribution in [2.75, 3.05) is 4.90 Å². The number of aliphatic carboxylic acids is 1. The zero-order valence-electron chi connectivity index (χ0n) is 16.5. The number of guanidine groups is 1. The highest BCUT2D eigenvalue weighted by Gasteiger charge is 2.46. The Bertz CT molecular complexity index is 1180. The number of nitrogens with one attached hydrogen (secondary N) is 1. The summed E-state index contributed by atoms with van der Waals surface area (Å²) in [4.78, 5) is 14.8. The Labute approximate surface area is 180 Å². The fourth-order valence-electron chi connectivity index (χ4n) is 3.84. The van der Waals surface area contributed by atoms with E-state index in [2.05, 4.69) is 10.5 Å². The second-order valence-corrected chi connectivity index (χ2v) is 7.15. The fraction of sp³-hybridized carbons (Fsp3) is 0.190. The predicted molar refractivity (Wildman–Crippen MR) is 107 cm³/mol. The van der Waals surface area contributed by atoms with Crippen LogP contribution in [0.15, 0.2) is 64.9 Å². The molecular formula is C21H16F3N5O3. The minimum atomic E-state index is -4.60. The van der Waals surface area contributed by atoms with E-state index in [1.54, 1.807) is 12.1 Å². The van der Waals surface area contributed by atoms with E-state index < -0.39 is 30.1 Å². The molecule has 0 radical (unpaired) electrons.